The van der Waals surface area contributed by atoms with Gasteiger partial charge in [0.1, 0.15) is 12.1 Å². The van der Waals surface area contributed by atoms with Crippen LogP contribution in [-0.4, -0.2) is 87.9 Å². The molecular weight excluding hydrogens is 543 g/mol. The van der Waals surface area contributed by atoms with Gasteiger partial charge in [-0.15, -0.1) is 0 Å². The van der Waals surface area contributed by atoms with Crippen molar-refractivity contribution in [1.29, 1.82) is 0 Å². The Morgan fingerprint density at radius 3 is 2.46 bits per heavy atom. The average Bonchev–Trinajstić information content (AvgIpc) is 3.63. The Hall–Kier alpha value is -3.06. The molecule has 5 amide bonds. The predicted molar refractivity (Wildman–Crippen MR) is 134 cm³/mol. The molecule has 0 aromatic heterocycles. The smallest absolute Gasteiger partial charge is 0.391 e. The number of rotatable bonds is 6. The van der Waals surface area contributed by atoms with Gasteiger partial charge in [0.2, 0.25) is 17.7 Å². The maximum Gasteiger partial charge on any atom is 0.417 e. The summed E-state index contributed by atoms with van der Waals surface area (Å²) >= 11 is 5.72. The molecule has 214 valence electrons. The monoisotopic (exact) mass is 573 g/mol. The van der Waals surface area contributed by atoms with E-state index in [4.69, 9.17) is 17.3 Å². The molecule has 1 aromatic carbocycles. The van der Waals surface area contributed by atoms with Crippen LogP contribution in [0.3, 0.4) is 0 Å². The fourth-order valence-electron chi connectivity index (χ4n) is 5.30. The van der Waals surface area contributed by atoms with Crippen LogP contribution in [-0.2, 0) is 20.6 Å². The van der Waals surface area contributed by atoms with Gasteiger partial charge in [0, 0.05) is 31.7 Å². The number of primary amides is 1. The molecule has 14 heteroatoms. The lowest BCUT2D eigenvalue weighted by Gasteiger charge is -2.43. The Kier molecular flexibility index (Phi) is 8.04. The number of benzene rings is 1. The summed E-state index contributed by atoms with van der Waals surface area (Å²) in [6.07, 6.45) is -2.10. The standard InChI is InChI=1S/C25H31ClF3N5O5/c1-14-22(38)33(9-2-3-20(36)32-10-8-24(6-7-24)19(35)13-32)18(21(30)37)12-34(14)23(39)31-15-4-5-16(17(26)11-15)25(27,28)29/h4-5,11,14,18-19,35H,2-3,6-10,12-13H2,1H3,(H2,30,37)(H,31,39)/t14-,18?,19-/m1/s1. The first kappa shape index (κ1) is 28.9. The van der Waals surface area contributed by atoms with Crippen molar-refractivity contribution in [1.82, 2.24) is 14.7 Å². The summed E-state index contributed by atoms with van der Waals surface area (Å²) < 4.78 is 38.9. The van der Waals surface area contributed by atoms with E-state index < -0.39 is 52.8 Å². The Morgan fingerprint density at radius 1 is 1.21 bits per heavy atom. The molecule has 2 saturated heterocycles. The highest BCUT2D eigenvalue weighted by atomic mass is 35.5. The second kappa shape index (κ2) is 10.8. The largest absolute Gasteiger partial charge is 0.417 e. The van der Waals surface area contributed by atoms with Gasteiger partial charge in [0.05, 0.1) is 23.2 Å². The number of likely N-dealkylation sites (tertiary alicyclic amines) is 1. The van der Waals surface area contributed by atoms with E-state index in [-0.39, 0.29) is 49.5 Å². The number of β-amino-alcohol motifs (C(OH)–C–C–N with tert-alkyl or cyclic N) is 1. The minimum Gasteiger partial charge on any atom is -0.391 e. The highest BCUT2D eigenvalue weighted by Gasteiger charge is 2.51. The van der Waals surface area contributed by atoms with Crippen LogP contribution < -0.4 is 11.1 Å². The lowest BCUT2D eigenvalue weighted by Crippen LogP contribution is -2.66. The number of carbonyl (C=O) groups is 4. The lowest BCUT2D eigenvalue weighted by atomic mass is 9.90. The number of piperazine rings is 1. The molecule has 1 saturated carbocycles. The van der Waals surface area contributed by atoms with Gasteiger partial charge >= 0.3 is 12.2 Å². The number of nitrogens with zero attached hydrogens (tertiary/aromatic N) is 3. The molecule has 3 aliphatic rings. The number of hydrogen-bond acceptors (Lipinski definition) is 5. The number of aliphatic hydroxyl groups excluding tert-OH is 1. The van der Waals surface area contributed by atoms with Crippen LogP contribution in [0.4, 0.5) is 23.7 Å². The van der Waals surface area contributed by atoms with Crippen LogP contribution in [0, 0.1) is 5.41 Å². The van der Waals surface area contributed by atoms with Crippen molar-refractivity contribution in [3.8, 4) is 0 Å². The summed E-state index contributed by atoms with van der Waals surface area (Å²) in [4.78, 5) is 54.9. The van der Waals surface area contributed by atoms with E-state index in [1.807, 2.05) is 0 Å². The molecule has 2 heterocycles. The van der Waals surface area contributed by atoms with Crippen LogP contribution in [0.5, 0.6) is 0 Å². The van der Waals surface area contributed by atoms with Crippen LogP contribution in [0.15, 0.2) is 18.2 Å². The fourth-order valence-corrected chi connectivity index (χ4v) is 5.59. The number of carbonyl (C=O) groups excluding carboxylic acids is 4. The van der Waals surface area contributed by atoms with Crippen molar-refractivity contribution in [3.63, 3.8) is 0 Å². The number of alkyl halides is 3. The topological polar surface area (TPSA) is 136 Å². The fraction of sp³-hybridized carbons (Fsp3) is 0.600. The molecule has 1 aliphatic carbocycles. The maximum atomic E-state index is 13.1. The van der Waals surface area contributed by atoms with Gasteiger partial charge in [-0.25, -0.2) is 4.79 Å². The van der Waals surface area contributed by atoms with E-state index in [9.17, 15) is 37.5 Å². The Bertz CT molecular complexity index is 1160. The van der Waals surface area contributed by atoms with Crippen molar-refractivity contribution in [2.24, 2.45) is 11.1 Å². The zero-order valence-electron chi connectivity index (χ0n) is 21.3. The number of nitrogens with two attached hydrogens (primary N) is 1. The van der Waals surface area contributed by atoms with Crippen molar-refractivity contribution < 1.29 is 37.5 Å². The molecule has 3 atom stereocenters. The first-order valence-corrected chi connectivity index (χ1v) is 13.1. The highest BCUT2D eigenvalue weighted by molar-refractivity contribution is 6.31. The number of halogens is 4. The summed E-state index contributed by atoms with van der Waals surface area (Å²) in [5.41, 5.74) is 4.42. The number of amides is 5. The third-order valence-electron chi connectivity index (χ3n) is 7.98. The third-order valence-corrected chi connectivity index (χ3v) is 8.30. The van der Waals surface area contributed by atoms with Crippen molar-refractivity contribution >= 4 is 41.0 Å². The van der Waals surface area contributed by atoms with E-state index >= 15 is 0 Å². The normalized spacial score (nSPS) is 24.6. The van der Waals surface area contributed by atoms with Crippen molar-refractivity contribution in [2.45, 2.75) is 63.4 Å². The van der Waals surface area contributed by atoms with E-state index in [1.54, 1.807) is 4.90 Å². The molecule has 1 unspecified atom stereocenters. The SMILES string of the molecule is C[C@@H]1C(=O)N(CCCC(=O)N2CCC3(CC3)[C@H](O)C2)C(C(N)=O)CN1C(=O)Nc1ccc(C(F)(F)F)c(Cl)c1. The maximum absolute atomic E-state index is 13.1. The summed E-state index contributed by atoms with van der Waals surface area (Å²) in [5.74, 6) is -1.54. The van der Waals surface area contributed by atoms with Crippen LogP contribution in [0.25, 0.3) is 0 Å². The van der Waals surface area contributed by atoms with Gasteiger partial charge in [-0.05, 0) is 56.2 Å². The van der Waals surface area contributed by atoms with Gasteiger partial charge in [-0.3, -0.25) is 14.4 Å². The Balaban J connectivity index is 1.35. The van der Waals surface area contributed by atoms with E-state index in [2.05, 4.69) is 5.32 Å². The minimum absolute atomic E-state index is 0.0235. The van der Waals surface area contributed by atoms with Crippen LogP contribution >= 0.6 is 11.6 Å². The molecule has 3 fully saturated rings. The van der Waals surface area contributed by atoms with E-state index in [1.165, 1.54) is 11.8 Å². The number of aliphatic hydroxyl groups is 1. The molecule has 2 aliphatic heterocycles. The zero-order chi connectivity index (χ0) is 28.7. The molecule has 1 spiro atoms. The Morgan fingerprint density at radius 2 is 1.90 bits per heavy atom. The van der Waals surface area contributed by atoms with Crippen LogP contribution in [0.1, 0.15) is 44.6 Å². The van der Waals surface area contributed by atoms with Gasteiger partial charge < -0.3 is 30.9 Å². The highest BCUT2D eigenvalue weighted by Crippen LogP contribution is 2.53. The first-order valence-electron chi connectivity index (χ1n) is 12.7. The van der Waals surface area contributed by atoms with Crippen molar-refractivity contribution in [3.05, 3.63) is 28.8 Å². The lowest BCUT2D eigenvalue weighted by molar-refractivity contribution is -0.148. The predicted octanol–water partition coefficient (Wildman–Crippen LogP) is 2.43. The molecule has 0 bridgehead atoms. The summed E-state index contributed by atoms with van der Waals surface area (Å²) in [5, 5.41) is 12.1. The number of hydrogen-bond donors (Lipinski definition) is 3. The summed E-state index contributed by atoms with van der Waals surface area (Å²) in [6, 6.07) is -0.273. The minimum atomic E-state index is -4.66. The average molecular weight is 574 g/mol. The number of anilines is 1. The summed E-state index contributed by atoms with van der Waals surface area (Å²) in [6.45, 7) is 2.15. The number of piperidine rings is 1. The molecule has 39 heavy (non-hydrogen) atoms. The second-order valence-corrected chi connectivity index (χ2v) is 10.9. The Labute approximate surface area is 228 Å². The van der Waals surface area contributed by atoms with E-state index in [0.717, 1.165) is 42.4 Å². The molecule has 10 nitrogen and oxygen atoms in total. The zero-order valence-corrected chi connectivity index (χ0v) is 22.1. The van der Waals surface area contributed by atoms with Gasteiger partial charge in [-0.2, -0.15) is 13.2 Å². The third kappa shape index (κ3) is 6.08. The van der Waals surface area contributed by atoms with Gasteiger partial charge in [0.25, 0.3) is 0 Å². The molecule has 1 aromatic rings. The molecule has 0 radical (unpaired) electrons. The van der Waals surface area contributed by atoms with E-state index in [0.29, 0.717) is 6.54 Å². The molecule has 4 N–H and O–H groups in total. The number of urea groups is 1. The molecular formula is C25H31ClF3N5O5. The first-order chi connectivity index (χ1) is 18.2. The van der Waals surface area contributed by atoms with Crippen LogP contribution in [0.2, 0.25) is 5.02 Å². The summed E-state index contributed by atoms with van der Waals surface area (Å²) in [7, 11) is 0. The van der Waals surface area contributed by atoms with Gasteiger partial charge in [0.15, 0.2) is 0 Å². The number of nitrogens with one attached hydrogen (secondary N) is 1. The quantitative estimate of drug-likeness (QED) is 0.480. The van der Waals surface area contributed by atoms with Crippen molar-refractivity contribution in [2.75, 3.05) is 31.5 Å². The van der Waals surface area contributed by atoms with Gasteiger partial charge in [-0.1, -0.05) is 11.6 Å². The molecule has 4 rings (SSSR count). The second-order valence-electron chi connectivity index (χ2n) is 10.5.